The normalized spacial score (nSPS) is 12.2. The number of ether oxygens (including phenoxy) is 1. The average molecular weight is 342 g/mol. The van der Waals surface area contributed by atoms with E-state index in [9.17, 15) is 10.2 Å². The maximum absolute atomic E-state index is 10.2. The molecule has 0 aromatic heterocycles. The van der Waals surface area contributed by atoms with Crippen molar-refractivity contribution in [1.82, 2.24) is 5.32 Å². The van der Waals surface area contributed by atoms with Crippen molar-refractivity contribution >= 4 is 23.2 Å². The molecule has 0 radical (unpaired) electrons. The molecule has 1 atom stereocenters. The first-order valence-electron chi connectivity index (χ1n) is 6.71. The van der Waals surface area contributed by atoms with Gasteiger partial charge in [0, 0.05) is 28.7 Å². The third-order valence-electron chi connectivity index (χ3n) is 3.23. The molecule has 0 aliphatic heterocycles. The van der Waals surface area contributed by atoms with Gasteiger partial charge in [-0.3, -0.25) is 0 Å². The second-order valence-corrected chi connectivity index (χ2v) is 5.69. The zero-order chi connectivity index (χ0) is 16.1. The average Bonchev–Trinajstić information content (AvgIpc) is 2.48. The molecular formula is C16H17Cl2NO3. The number of phenolic OH excluding ortho intramolecular Hbond substituents is 1. The number of methoxy groups -OCH3 is 1. The third-order valence-corrected chi connectivity index (χ3v) is 3.66. The van der Waals surface area contributed by atoms with Gasteiger partial charge in [-0.1, -0.05) is 35.3 Å². The molecule has 0 aliphatic carbocycles. The summed E-state index contributed by atoms with van der Waals surface area (Å²) in [6.45, 7) is 0.696. The largest absolute Gasteiger partial charge is 0.504 e. The monoisotopic (exact) mass is 341 g/mol. The minimum Gasteiger partial charge on any atom is -0.504 e. The fourth-order valence-electron chi connectivity index (χ4n) is 2.10. The first-order chi connectivity index (χ1) is 10.5. The molecule has 2 aromatic carbocycles. The molecule has 3 N–H and O–H groups in total. The summed E-state index contributed by atoms with van der Waals surface area (Å²) in [7, 11) is 1.50. The Morgan fingerprint density at radius 2 is 1.86 bits per heavy atom. The molecule has 0 heterocycles. The summed E-state index contributed by atoms with van der Waals surface area (Å²) in [5, 5.41) is 24.2. The molecule has 2 aromatic rings. The topological polar surface area (TPSA) is 61.7 Å². The number of hydrogen-bond acceptors (Lipinski definition) is 4. The highest BCUT2D eigenvalue weighted by Crippen LogP contribution is 2.29. The highest BCUT2D eigenvalue weighted by atomic mass is 35.5. The van der Waals surface area contributed by atoms with E-state index < -0.39 is 6.10 Å². The molecule has 1 unspecified atom stereocenters. The van der Waals surface area contributed by atoms with Crippen molar-refractivity contribution in [2.45, 2.75) is 12.6 Å². The van der Waals surface area contributed by atoms with E-state index in [1.165, 1.54) is 7.11 Å². The van der Waals surface area contributed by atoms with Gasteiger partial charge in [-0.25, -0.2) is 0 Å². The summed E-state index contributed by atoms with van der Waals surface area (Å²) in [5.74, 6) is 0.513. The Bertz CT molecular complexity index is 629. The second kappa shape index (κ2) is 7.70. The van der Waals surface area contributed by atoms with Crippen molar-refractivity contribution in [1.29, 1.82) is 0 Å². The fraction of sp³-hybridized carbons (Fsp3) is 0.250. The number of aliphatic hydroxyl groups is 1. The molecule has 0 spiro atoms. The standard InChI is InChI=1S/C16H17Cl2NO3/c1-22-15-4-2-3-10(16(15)21)8-19-9-14(20)11-5-12(17)7-13(18)6-11/h2-7,14,19-21H,8-9H2,1H3. The van der Waals surface area contributed by atoms with Crippen LogP contribution in [0.5, 0.6) is 11.5 Å². The van der Waals surface area contributed by atoms with Gasteiger partial charge in [0.05, 0.1) is 13.2 Å². The van der Waals surface area contributed by atoms with Gasteiger partial charge in [-0.15, -0.1) is 0 Å². The highest BCUT2D eigenvalue weighted by Gasteiger charge is 2.11. The maximum Gasteiger partial charge on any atom is 0.162 e. The van der Waals surface area contributed by atoms with E-state index in [0.717, 1.165) is 0 Å². The van der Waals surface area contributed by atoms with Gasteiger partial charge in [0.1, 0.15) is 0 Å². The van der Waals surface area contributed by atoms with E-state index in [1.807, 2.05) is 0 Å². The number of para-hydroxylation sites is 1. The van der Waals surface area contributed by atoms with Gasteiger partial charge >= 0.3 is 0 Å². The van der Waals surface area contributed by atoms with Crippen LogP contribution < -0.4 is 10.1 Å². The van der Waals surface area contributed by atoms with Gasteiger partial charge in [0.15, 0.2) is 11.5 Å². The highest BCUT2D eigenvalue weighted by molar-refractivity contribution is 6.34. The SMILES string of the molecule is COc1cccc(CNCC(O)c2cc(Cl)cc(Cl)c2)c1O. The minimum atomic E-state index is -0.746. The van der Waals surface area contributed by atoms with Crippen molar-refractivity contribution in [3.63, 3.8) is 0 Å². The number of aromatic hydroxyl groups is 1. The van der Waals surface area contributed by atoms with Crippen LogP contribution >= 0.6 is 23.2 Å². The fourth-order valence-corrected chi connectivity index (χ4v) is 2.65. The zero-order valence-corrected chi connectivity index (χ0v) is 13.5. The van der Waals surface area contributed by atoms with E-state index >= 15 is 0 Å². The summed E-state index contributed by atoms with van der Waals surface area (Å²) in [5.41, 5.74) is 1.33. The van der Waals surface area contributed by atoms with Crippen LogP contribution in [0, 0.1) is 0 Å². The maximum atomic E-state index is 10.2. The van der Waals surface area contributed by atoms with E-state index in [2.05, 4.69) is 5.32 Å². The van der Waals surface area contributed by atoms with Crippen LogP contribution in [-0.4, -0.2) is 23.9 Å². The lowest BCUT2D eigenvalue weighted by atomic mass is 10.1. The molecule has 0 saturated heterocycles. The first kappa shape index (κ1) is 16.9. The van der Waals surface area contributed by atoms with Crippen molar-refractivity contribution in [3.8, 4) is 11.5 Å². The number of aliphatic hydroxyl groups excluding tert-OH is 1. The predicted octanol–water partition coefficient (Wildman–Crippen LogP) is 3.53. The lowest BCUT2D eigenvalue weighted by molar-refractivity contribution is 0.174. The van der Waals surface area contributed by atoms with Crippen LogP contribution in [-0.2, 0) is 6.54 Å². The van der Waals surface area contributed by atoms with Crippen molar-refractivity contribution in [2.24, 2.45) is 0 Å². The zero-order valence-electron chi connectivity index (χ0n) is 12.0. The molecule has 2 rings (SSSR count). The number of benzene rings is 2. The van der Waals surface area contributed by atoms with Gasteiger partial charge in [-0.05, 0) is 29.8 Å². The molecule has 0 aliphatic rings. The Hall–Kier alpha value is -1.46. The van der Waals surface area contributed by atoms with Gasteiger partial charge in [0.2, 0.25) is 0 Å². The summed E-state index contributed by atoms with van der Waals surface area (Å²) < 4.78 is 5.05. The molecule has 118 valence electrons. The Kier molecular flexibility index (Phi) is 5.91. The smallest absolute Gasteiger partial charge is 0.162 e. The molecule has 0 saturated carbocycles. The second-order valence-electron chi connectivity index (χ2n) is 4.82. The lowest BCUT2D eigenvalue weighted by Gasteiger charge is -2.14. The van der Waals surface area contributed by atoms with Crippen LogP contribution in [0.4, 0.5) is 0 Å². The molecule has 6 heteroatoms. The van der Waals surface area contributed by atoms with Gasteiger partial charge < -0.3 is 20.3 Å². The van der Waals surface area contributed by atoms with Crippen LogP contribution in [0.1, 0.15) is 17.2 Å². The van der Waals surface area contributed by atoms with Gasteiger partial charge in [0.25, 0.3) is 0 Å². The summed E-state index contributed by atoms with van der Waals surface area (Å²) in [6.07, 6.45) is -0.746. The quantitative estimate of drug-likeness (QED) is 0.752. The van der Waals surface area contributed by atoms with E-state index in [0.29, 0.717) is 40.0 Å². The van der Waals surface area contributed by atoms with Crippen molar-refractivity contribution in [2.75, 3.05) is 13.7 Å². The molecule has 22 heavy (non-hydrogen) atoms. The van der Waals surface area contributed by atoms with Crippen LogP contribution in [0.3, 0.4) is 0 Å². The molecule has 0 amide bonds. The number of hydrogen-bond donors (Lipinski definition) is 3. The van der Waals surface area contributed by atoms with E-state index in [1.54, 1.807) is 36.4 Å². The Balaban J connectivity index is 1.96. The summed E-state index contributed by atoms with van der Waals surface area (Å²) >= 11 is 11.8. The molecule has 0 fully saturated rings. The molecule has 0 bridgehead atoms. The van der Waals surface area contributed by atoms with Crippen LogP contribution in [0.15, 0.2) is 36.4 Å². The molecular weight excluding hydrogens is 325 g/mol. The lowest BCUT2D eigenvalue weighted by Crippen LogP contribution is -2.21. The van der Waals surface area contributed by atoms with Crippen molar-refractivity contribution in [3.05, 3.63) is 57.6 Å². The number of halogens is 2. The third kappa shape index (κ3) is 4.27. The summed E-state index contributed by atoms with van der Waals surface area (Å²) in [4.78, 5) is 0. The van der Waals surface area contributed by atoms with Gasteiger partial charge in [-0.2, -0.15) is 0 Å². The first-order valence-corrected chi connectivity index (χ1v) is 7.46. The van der Waals surface area contributed by atoms with Crippen LogP contribution in [0.2, 0.25) is 10.0 Å². The Morgan fingerprint density at radius 3 is 2.50 bits per heavy atom. The number of phenols is 1. The van der Waals surface area contributed by atoms with E-state index in [-0.39, 0.29) is 5.75 Å². The summed E-state index contributed by atoms with van der Waals surface area (Å²) in [6, 6.07) is 10.2. The molecule has 4 nitrogen and oxygen atoms in total. The Labute approximate surface area is 139 Å². The minimum absolute atomic E-state index is 0.0952. The number of rotatable bonds is 6. The van der Waals surface area contributed by atoms with Crippen molar-refractivity contribution < 1.29 is 14.9 Å². The predicted molar refractivity (Wildman–Crippen MR) is 87.8 cm³/mol. The van der Waals surface area contributed by atoms with Crippen LogP contribution in [0.25, 0.3) is 0 Å². The number of nitrogens with one attached hydrogen (secondary N) is 1. The van der Waals surface area contributed by atoms with E-state index in [4.69, 9.17) is 27.9 Å². The Morgan fingerprint density at radius 1 is 1.18 bits per heavy atom.